The smallest absolute Gasteiger partial charge is 0.254 e. The van der Waals surface area contributed by atoms with Crippen molar-refractivity contribution >= 4 is 5.91 Å². The second kappa shape index (κ2) is 7.75. The first-order valence-corrected chi connectivity index (χ1v) is 7.03. The van der Waals surface area contributed by atoms with Gasteiger partial charge in [-0.05, 0) is 39.3 Å². The van der Waals surface area contributed by atoms with Gasteiger partial charge in [-0.25, -0.2) is 4.39 Å². The monoisotopic (exact) mass is 291 g/mol. The molecule has 1 rings (SSSR count). The molecule has 0 fully saturated rings. The second-order valence-corrected chi connectivity index (χ2v) is 5.79. The zero-order valence-corrected chi connectivity index (χ0v) is 12.7. The van der Waals surface area contributed by atoms with Crippen LogP contribution < -0.4 is 10.6 Å². The van der Waals surface area contributed by atoms with Crippen LogP contribution in [0.15, 0.2) is 24.3 Å². The average molecular weight is 291 g/mol. The van der Waals surface area contributed by atoms with E-state index in [0.717, 1.165) is 6.42 Å². The van der Waals surface area contributed by atoms with E-state index in [2.05, 4.69) is 16.7 Å². The van der Waals surface area contributed by atoms with E-state index in [1.165, 1.54) is 12.1 Å². The molecule has 1 aromatic rings. The summed E-state index contributed by atoms with van der Waals surface area (Å²) < 4.78 is 13.4. The topological polar surface area (TPSA) is 64.9 Å². The van der Waals surface area contributed by atoms with E-state index < -0.39 is 11.7 Å². The molecule has 0 radical (unpaired) electrons. The Balaban J connectivity index is 2.30. The van der Waals surface area contributed by atoms with Crippen molar-refractivity contribution in [1.82, 2.24) is 10.6 Å². The van der Waals surface area contributed by atoms with Crippen molar-refractivity contribution in [1.29, 1.82) is 5.26 Å². The lowest BCUT2D eigenvalue weighted by Gasteiger charge is -2.21. The number of nitriles is 1. The van der Waals surface area contributed by atoms with Gasteiger partial charge in [-0.15, -0.1) is 0 Å². The lowest BCUT2D eigenvalue weighted by atomic mass is 9.88. The Morgan fingerprint density at radius 2 is 2.05 bits per heavy atom. The van der Waals surface area contributed by atoms with Gasteiger partial charge in [0.1, 0.15) is 5.82 Å². The van der Waals surface area contributed by atoms with Gasteiger partial charge in [0.2, 0.25) is 0 Å². The van der Waals surface area contributed by atoms with Gasteiger partial charge >= 0.3 is 0 Å². The lowest BCUT2D eigenvalue weighted by Crippen LogP contribution is -2.37. The predicted octanol–water partition coefficient (Wildman–Crippen LogP) is 2.47. The lowest BCUT2D eigenvalue weighted by molar-refractivity contribution is 0.0949. The molecular formula is C16H22FN3O. The van der Waals surface area contributed by atoms with Crippen molar-refractivity contribution in [2.45, 2.75) is 33.2 Å². The normalized spacial score (nSPS) is 12.5. The highest BCUT2D eigenvalue weighted by atomic mass is 19.1. The summed E-state index contributed by atoms with van der Waals surface area (Å²) in [6, 6.07) is 8.32. The van der Waals surface area contributed by atoms with Crippen molar-refractivity contribution in [2.75, 3.05) is 13.1 Å². The number of nitrogens with zero attached hydrogens (tertiary/aromatic N) is 1. The van der Waals surface area contributed by atoms with E-state index in [4.69, 9.17) is 5.26 Å². The quantitative estimate of drug-likeness (QED) is 0.759. The molecule has 5 heteroatoms. The van der Waals surface area contributed by atoms with Crippen molar-refractivity contribution in [2.24, 2.45) is 5.41 Å². The number of halogens is 1. The highest BCUT2D eigenvalue weighted by molar-refractivity contribution is 5.94. The number of carbonyl (C=O) groups excluding carboxylic acids is 1. The number of hydrogen-bond acceptors (Lipinski definition) is 3. The van der Waals surface area contributed by atoms with Crippen molar-refractivity contribution in [3.63, 3.8) is 0 Å². The summed E-state index contributed by atoms with van der Waals surface area (Å²) >= 11 is 0. The van der Waals surface area contributed by atoms with E-state index in [9.17, 15) is 9.18 Å². The number of nitrogens with one attached hydrogen (secondary N) is 2. The summed E-state index contributed by atoms with van der Waals surface area (Å²) in [5.74, 6) is -0.938. The number of amides is 1. The van der Waals surface area contributed by atoms with Crippen molar-refractivity contribution in [3.05, 3.63) is 35.6 Å². The number of rotatable bonds is 7. The summed E-state index contributed by atoms with van der Waals surface area (Å²) in [6.45, 7) is 6.77. The van der Waals surface area contributed by atoms with Gasteiger partial charge < -0.3 is 10.6 Å². The van der Waals surface area contributed by atoms with E-state index in [0.29, 0.717) is 13.1 Å². The van der Waals surface area contributed by atoms with Crippen LogP contribution in [0.2, 0.25) is 0 Å². The van der Waals surface area contributed by atoms with Crippen LogP contribution in [0.5, 0.6) is 0 Å². The Hall–Kier alpha value is -1.93. The first-order chi connectivity index (χ1) is 9.85. The highest BCUT2D eigenvalue weighted by Gasteiger charge is 2.19. The van der Waals surface area contributed by atoms with Crippen LogP contribution in [0.1, 0.15) is 37.6 Å². The second-order valence-electron chi connectivity index (χ2n) is 5.79. The fourth-order valence-corrected chi connectivity index (χ4v) is 2.12. The first kappa shape index (κ1) is 17.1. The summed E-state index contributed by atoms with van der Waals surface area (Å²) in [5.41, 5.74) is -0.320. The fraction of sp³-hybridized carbons (Fsp3) is 0.500. The summed E-state index contributed by atoms with van der Waals surface area (Å²) in [7, 11) is 0. The molecule has 0 saturated heterocycles. The third-order valence-electron chi connectivity index (χ3n) is 3.14. The maximum Gasteiger partial charge on any atom is 0.254 e. The van der Waals surface area contributed by atoms with E-state index in [1.807, 2.05) is 20.8 Å². The SMILES string of the molecule is C[C@H](CC(C)(C)C#N)NCCNC(=O)c1ccccc1F. The van der Waals surface area contributed by atoms with Gasteiger partial charge in [0.05, 0.1) is 17.0 Å². The molecule has 4 nitrogen and oxygen atoms in total. The summed E-state index contributed by atoms with van der Waals surface area (Å²) in [6.07, 6.45) is 0.727. The van der Waals surface area contributed by atoms with E-state index >= 15 is 0 Å². The van der Waals surface area contributed by atoms with Gasteiger partial charge in [0, 0.05) is 19.1 Å². The number of carbonyl (C=O) groups is 1. The van der Waals surface area contributed by atoms with Crippen LogP contribution >= 0.6 is 0 Å². The maximum absolute atomic E-state index is 13.4. The molecule has 0 spiro atoms. The molecule has 1 amide bonds. The molecule has 0 aromatic heterocycles. The maximum atomic E-state index is 13.4. The van der Waals surface area contributed by atoms with Crippen LogP contribution in [-0.4, -0.2) is 25.0 Å². The molecule has 1 aromatic carbocycles. The molecule has 1 atom stereocenters. The van der Waals surface area contributed by atoms with Crippen molar-refractivity contribution < 1.29 is 9.18 Å². The van der Waals surface area contributed by atoms with Gasteiger partial charge in [-0.2, -0.15) is 5.26 Å². The number of benzene rings is 1. The summed E-state index contributed by atoms with van der Waals surface area (Å²) in [4.78, 5) is 11.8. The van der Waals surface area contributed by atoms with Crippen LogP contribution in [-0.2, 0) is 0 Å². The minimum Gasteiger partial charge on any atom is -0.351 e. The van der Waals surface area contributed by atoms with Crippen LogP contribution in [0.4, 0.5) is 4.39 Å². The Kier molecular flexibility index (Phi) is 6.32. The van der Waals surface area contributed by atoms with Gasteiger partial charge in [-0.3, -0.25) is 4.79 Å². The zero-order valence-electron chi connectivity index (χ0n) is 12.7. The van der Waals surface area contributed by atoms with E-state index in [1.54, 1.807) is 12.1 Å². The van der Waals surface area contributed by atoms with Gasteiger partial charge in [-0.1, -0.05) is 12.1 Å². The molecule has 0 aliphatic carbocycles. The van der Waals surface area contributed by atoms with Crippen LogP contribution in [0, 0.1) is 22.6 Å². The van der Waals surface area contributed by atoms with Crippen molar-refractivity contribution in [3.8, 4) is 6.07 Å². The Bertz CT molecular complexity index is 522. The first-order valence-electron chi connectivity index (χ1n) is 7.03. The molecule has 2 N–H and O–H groups in total. The zero-order chi connectivity index (χ0) is 15.9. The Labute approximate surface area is 125 Å². The third kappa shape index (κ3) is 5.92. The minimum atomic E-state index is -0.521. The third-order valence-corrected chi connectivity index (χ3v) is 3.14. The molecule has 21 heavy (non-hydrogen) atoms. The van der Waals surface area contributed by atoms with E-state index in [-0.39, 0.29) is 17.0 Å². The summed E-state index contributed by atoms with van der Waals surface area (Å²) in [5, 5.41) is 14.9. The molecule has 0 aliphatic heterocycles. The molecule has 0 unspecified atom stereocenters. The Morgan fingerprint density at radius 3 is 2.67 bits per heavy atom. The van der Waals surface area contributed by atoms with Crippen LogP contribution in [0.25, 0.3) is 0 Å². The molecule has 0 saturated carbocycles. The Morgan fingerprint density at radius 1 is 1.38 bits per heavy atom. The molecule has 0 bridgehead atoms. The molecule has 0 aliphatic rings. The van der Waals surface area contributed by atoms with Crippen LogP contribution in [0.3, 0.4) is 0 Å². The standard InChI is InChI=1S/C16H22FN3O/c1-12(10-16(2,3)11-18)19-8-9-20-15(21)13-6-4-5-7-14(13)17/h4-7,12,19H,8-10H2,1-3H3,(H,20,21)/t12-/m1/s1. The average Bonchev–Trinajstić information content (AvgIpc) is 2.43. The highest BCUT2D eigenvalue weighted by Crippen LogP contribution is 2.20. The van der Waals surface area contributed by atoms with Gasteiger partial charge in [0.25, 0.3) is 5.91 Å². The molecule has 114 valence electrons. The fourth-order valence-electron chi connectivity index (χ4n) is 2.12. The predicted molar refractivity (Wildman–Crippen MR) is 80.2 cm³/mol. The number of hydrogen-bond donors (Lipinski definition) is 2. The van der Waals surface area contributed by atoms with Gasteiger partial charge in [0.15, 0.2) is 0 Å². The molecule has 0 heterocycles. The minimum absolute atomic E-state index is 0.0520. The molecular weight excluding hydrogens is 269 g/mol. The largest absolute Gasteiger partial charge is 0.351 e.